The summed E-state index contributed by atoms with van der Waals surface area (Å²) >= 11 is 3.23. The van der Waals surface area contributed by atoms with E-state index in [0.29, 0.717) is 11.8 Å². The van der Waals surface area contributed by atoms with Gasteiger partial charge in [-0.15, -0.1) is 0 Å². The van der Waals surface area contributed by atoms with Gasteiger partial charge in [0.05, 0.1) is 0 Å². The van der Waals surface area contributed by atoms with E-state index in [1.165, 1.54) is 0 Å². The molecular weight excluding hydrogens is 297 g/mol. The summed E-state index contributed by atoms with van der Waals surface area (Å²) in [6.45, 7) is 0. The summed E-state index contributed by atoms with van der Waals surface area (Å²) in [5, 5.41) is 2.56. The second-order valence-corrected chi connectivity index (χ2v) is 4.14. The molecule has 0 aliphatic rings. The molecule has 0 fully saturated rings. The number of halogens is 4. The summed E-state index contributed by atoms with van der Waals surface area (Å²) in [7, 11) is 0. The zero-order valence-electron chi connectivity index (χ0n) is 8.35. The Balaban J connectivity index is 2.33. The smallest absolute Gasteiger partial charge is 0.251 e. The fraction of sp³-hybridized carbons (Fsp3) is 0. The third kappa shape index (κ3) is 2.76. The Morgan fingerprint density at radius 1 is 1.06 bits per heavy atom. The Morgan fingerprint density at radius 3 is 2.53 bits per heavy atom. The lowest BCUT2D eigenvalue weighted by Gasteiger charge is -2.07. The summed E-state index contributed by atoms with van der Waals surface area (Å²) in [5.74, 6) is -3.97. The van der Waals surface area contributed by atoms with Gasteiger partial charge in [0, 0.05) is 16.2 Å². The first-order valence-corrected chi connectivity index (χ1v) is 5.39. The van der Waals surface area contributed by atoms with Crippen LogP contribution >= 0.6 is 15.9 Å². The zero-order chi connectivity index (χ0) is 12.4. The molecule has 0 radical (unpaired) electrons. The topological polar surface area (TPSA) is 24.9 Å². The monoisotopic (exact) mass is 302 g/mol. The molecule has 2 nitrogen and oxygen atoms in total. The minimum atomic E-state index is -1.34. The number of benzene rings is 1. The van der Waals surface area contributed by atoms with E-state index in [0.717, 1.165) is 4.47 Å². The fourth-order valence-electron chi connectivity index (χ4n) is 1.23. The molecule has 88 valence electrons. The molecule has 2 rings (SSSR count). The molecule has 1 N–H and O–H groups in total. The summed E-state index contributed by atoms with van der Waals surface area (Å²) in [5.41, 5.74) is 0.511. The third-order valence-corrected chi connectivity index (χ3v) is 2.47. The molecule has 0 saturated carbocycles. The van der Waals surface area contributed by atoms with Crippen molar-refractivity contribution in [1.82, 2.24) is 4.98 Å². The Kier molecular flexibility index (Phi) is 3.33. The Labute approximate surface area is 104 Å². The number of anilines is 2. The minimum Gasteiger partial charge on any atom is -0.338 e. The molecule has 0 bridgehead atoms. The molecule has 0 atom stereocenters. The van der Waals surface area contributed by atoms with Crippen molar-refractivity contribution in [2.75, 3.05) is 5.32 Å². The molecule has 0 unspecified atom stereocenters. The highest BCUT2D eigenvalue weighted by molar-refractivity contribution is 9.10. The number of hydrogen-bond acceptors (Lipinski definition) is 2. The SMILES string of the molecule is Fc1cc(F)c(Nc2cccc(Br)c2)nc1F. The van der Waals surface area contributed by atoms with Crippen molar-refractivity contribution in [2.24, 2.45) is 0 Å². The van der Waals surface area contributed by atoms with Gasteiger partial charge in [-0.05, 0) is 18.2 Å². The van der Waals surface area contributed by atoms with Crippen LogP contribution in [0.4, 0.5) is 24.7 Å². The first-order valence-electron chi connectivity index (χ1n) is 4.60. The van der Waals surface area contributed by atoms with E-state index in [4.69, 9.17) is 0 Å². The standard InChI is InChI=1S/C11H6BrF3N2/c12-6-2-1-3-7(4-6)16-11-9(14)5-8(13)10(15)17-11/h1-5H,(H,16,17). The first-order chi connectivity index (χ1) is 8.06. The predicted octanol–water partition coefficient (Wildman–Crippen LogP) is 4.01. The van der Waals surface area contributed by atoms with Crippen molar-refractivity contribution in [3.63, 3.8) is 0 Å². The molecule has 0 aliphatic heterocycles. The minimum absolute atomic E-state index is 0.359. The number of nitrogens with zero attached hydrogens (tertiary/aromatic N) is 1. The van der Waals surface area contributed by atoms with Crippen LogP contribution in [0.2, 0.25) is 0 Å². The lowest BCUT2D eigenvalue weighted by atomic mass is 10.3. The molecule has 0 amide bonds. The number of aromatic nitrogens is 1. The highest BCUT2D eigenvalue weighted by atomic mass is 79.9. The summed E-state index contributed by atoms with van der Waals surface area (Å²) in [6.07, 6.45) is 0. The predicted molar refractivity (Wildman–Crippen MR) is 61.5 cm³/mol. The number of pyridine rings is 1. The van der Waals surface area contributed by atoms with Gasteiger partial charge in [-0.2, -0.15) is 9.37 Å². The van der Waals surface area contributed by atoms with Gasteiger partial charge in [-0.25, -0.2) is 8.78 Å². The van der Waals surface area contributed by atoms with Crippen LogP contribution in [0.15, 0.2) is 34.8 Å². The van der Waals surface area contributed by atoms with E-state index < -0.39 is 17.6 Å². The largest absolute Gasteiger partial charge is 0.338 e. The molecule has 17 heavy (non-hydrogen) atoms. The lowest BCUT2D eigenvalue weighted by molar-refractivity contribution is 0.467. The van der Waals surface area contributed by atoms with E-state index in [2.05, 4.69) is 26.2 Å². The number of rotatable bonds is 2. The van der Waals surface area contributed by atoms with Crippen LogP contribution in [0.1, 0.15) is 0 Å². The first kappa shape index (κ1) is 11.9. The molecule has 0 spiro atoms. The summed E-state index contributed by atoms with van der Waals surface area (Å²) in [6, 6.07) is 7.24. The van der Waals surface area contributed by atoms with Crippen LogP contribution in [0.5, 0.6) is 0 Å². The van der Waals surface area contributed by atoms with Gasteiger partial charge in [0.15, 0.2) is 17.5 Å². The molecule has 1 aromatic carbocycles. The average Bonchev–Trinajstić information content (AvgIpc) is 2.26. The van der Waals surface area contributed by atoms with Gasteiger partial charge >= 0.3 is 0 Å². The van der Waals surface area contributed by atoms with E-state index in [1.54, 1.807) is 24.3 Å². The quantitative estimate of drug-likeness (QED) is 0.848. The van der Waals surface area contributed by atoms with E-state index in [1.807, 2.05) is 0 Å². The molecule has 2 aromatic rings. The van der Waals surface area contributed by atoms with E-state index >= 15 is 0 Å². The molecule has 1 heterocycles. The van der Waals surface area contributed by atoms with E-state index in [-0.39, 0.29) is 5.82 Å². The Bertz CT molecular complexity index is 560. The van der Waals surface area contributed by atoms with Gasteiger partial charge in [0.2, 0.25) is 0 Å². The van der Waals surface area contributed by atoms with Crippen molar-refractivity contribution >= 4 is 27.4 Å². The fourth-order valence-corrected chi connectivity index (χ4v) is 1.63. The van der Waals surface area contributed by atoms with Crippen LogP contribution in [0.25, 0.3) is 0 Å². The van der Waals surface area contributed by atoms with Gasteiger partial charge in [-0.3, -0.25) is 0 Å². The van der Waals surface area contributed by atoms with Crippen LogP contribution in [0, 0.1) is 17.6 Å². The van der Waals surface area contributed by atoms with Crippen molar-refractivity contribution in [2.45, 2.75) is 0 Å². The second-order valence-electron chi connectivity index (χ2n) is 3.23. The van der Waals surface area contributed by atoms with Crippen LogP contribution in [-0.4, -0.2) is 4.98 Å². The van der Waals surface area contributed by atoms with E-state index in [9.17, 15) is 13.2 Å². The Hall–Kier alpha value is -1.56. The molecular formula is C11H6BrF3N2. The highest BCUT2D eigenvalue weighted by Crippen LogP contribution is 2.22. The third-order valence-electron chi connectivity index (χ3n) is 1.97. The molecule has 1 aromatic heterocycles. The van der Waals surface area contributed by atoms with Crippen LogP contribution < -0.4 is 5.32 Å². The molecule has 6 heteroatoms. The maximum absolute atomic E-state index is 13.3. The van der Waals surface area contributed by atoms with Gasteiger partial charge in [-0.1, -0.05) is 22.0 Å². The van der Waals surface area contributed by atoms with Crippen molar-refractivity contribution in [1.29, 1.82) is 0 Å². The Morgan fingerprint density at radius 2 is 1.82 bits per heavy atom. The molecule has 0 aliphatic carbocycles. The lowest BCUT2D eigenvalue weighted by Crippen LogP contribution is -2.01. The summed E-state index contributed by atoms with van der Waals surface area (Å²) in [4.78, 5) is 3.15. The van der Waals surface area contributed by atoms with Gasteiger partial charge in [0.1, 0.15) is 0 Å². The molecule has 0 saturated heterocycles. The normalized spacial score (nSPS) is 10.4. The van der Waals surface area contributed by atoms with Crippen LogP contribution in [-0.2, 0) is 0 Å². The van der Waals surface area contributed by atoms with Gasteiger partial charge in [0.25, 0.3) is 5.95 Å². The number of hydrogen-bond donors (Lipinski definition) is 1. The maximum atomic E-state index is 13.3. The van der Waals surface area contributed by atoms with Crippen molar-refractivity contribution in [3.05, 3.63) is 52.4 Å². The zero-order valence-corrected chi connectivity index (χ0v) is 9.93. The highest BCUT2D eigenvalue weighted by Gasteiger charge is 2.11. The second kappa shape index (κ2) is 4.75. The van der Waals surface area contributed by atoms with Crippen LogP contribution in [0.3, 0.4) is 0 Å². The average molecular weight is 303 g/mol. The number of nitrogens with one attached hydrogen (secondary N) is 1. The van der Waals surface area contributed by atoms with Crippen molar-refractivity contribution in [3.8, 4) is 0 Å². The van der Waals surface area contributed by atoms with Gasteiger partial charge < -0.3 is 5.32 Å². The van der Waals surface area contributed by atoms with Crippen molar-refractivity contribution < 1.29 is 13.2 Å². The summed E-state index contributed by atoms with van der Waals surface area (Å²) < 4.78 is 39.5. The maximum Gasteiger partial charge on any atom is 0.251 e.